The highest BCUT2D eigenvalue weighted by atomic mass is 32.2. The molecule has 0 saturated carbocycles. The Bertz CT molecular complexity index is 2580. The molecule has 2 N–H and O–H groups in total. The molecular formula is C50H43N5O7S2. The smallest absolute Gasteiger partial charge is 0.356 e. The molecule has 5 aromatic carbocycles. The first-order valence-corrected chi connectivity index (χ1v) is 22.2. The molecule has 322 valence electrons. The summed E-state index contributed by atoms with van der Waals surface area (Å²) in [4.78, 5) is 66.5. The number of carbonyl (C=O) groups excluding carboxylic acids is 4. The van der Waals surface area contributed by atoms with Crippen LogP contribution >= 0.6 is 23.1 Å². The Morgan fingerprint density at radius 1 is 0.828 bits per heavy atom. The van der Waals surface area contributed by atoms with E-state index in [4.69, 9.17) is 19.3 Å². The molecule has 2 atom stereocenters. The van der Waals surface area contributed by atoms with Gasteiger partial charge < -0.3 is 24.9 Å². The third-order valence-corrected chi connectivity index (χ3v) is 12.8. The first kappa shape index (κ1) is 43.4. The molecule has 6 aromatic rings. The quantitative estimate of drug-likeness (QED) is 0.0245. The summed E-state index contributed by atoms with van der Waals surface area (Å²) in [5, 5.41) is 12.1. The fourth-order valence-electron chi connectivity index (χ4n) is 7.69. The van der Waals surface area contributed by atoms with Crippen molar-refractivity contribution in [3.63, 3.8) is 0 Å². The number of benzene rings is 5. The maximum absolute atomic E-state index is 14.4. The minimum Gasteiger partial charge on any atom is -0.458 e. The van der Waals surface area contributed by atoms with Crippen molar-refractivity contribution in [2.75, 3.05) is 24.8 Å². The average Bonchev–Trinajstić information content (AvgIpc) is 3.81. The summed E-state index contributed by atoms with van der Waals surface area (Å²) in [6, 6.07) is 47.6. The summed E-state index contributed by atoms with van der Waals surface area (Å²) in [5.74, 6) is -2.50. The second-order valence-electron chi connectivity index (χ2n) is 14.9. The van der Waals surface area contributed by atoms with Crippen LogP contribution in [-0.2, 0) is 39.0 Å². The second-order valence-corrected chi connectivity index (χ2v) is 16.9. The fraction of sp³-hybridized carbons (Fsp3) is 0.160. The largest absolute Gasteiger partial charge is 0.458 e. The van der Waals surface area contributed by atoms with Crippen molar-refractivity contribution in [2.24, 2.45) is 5.16 Å². The molecule has 1 saturated heterocycles. The number of thioether (sulfide) groups is 1. The van der Waals surface area contributed by atoms with E-state index >= 15 is 0 Å². The van der Waals surface area contributed by atoms with E-state index < -0.39 is 46.8 Å². The number of rotatable bonds is 16. The van der Waals surface area contributed by atoms with E-state index in [9.17, 15) is 19.2 Å². The van der Waals surface area contributed by atoms with Crippen molar-refractivity contribution in [3.05, 3.63) is 214 Å². The minimum absolute atomic E-state index is 0.0506. The van der Waals surface area contributed by atoms with Crippen molar-refractivity contribution in [1.29, 1.82) is 0 Å². The zero-order valence-corrected chi connectivity index (χ0v) is 36.5. The lowest BCUT2D eigenvalue weighted by molar-refractivity contribution is -0.154. The van der Waals surface area contributed by atoms with Crippen LogP contribution in [0.15, 0.2) is 186 Å². The zero-order valence-electron chi connectivity index (χ0n) is 34.9. The monoisotopic (exact) mass is 889 g/mol. The van der Waals surface area contributed by atoms with Crippen LogP contribution in [0.2, 0.25) is 0 Å². The number of β-lactam (4-membered cyclic amide) rings is 1. The highest BCUT2D eigenvalue weighted by molar-refractivity contribution is 8.00. The highest BCUT2D eigenvalue weighted by Gasteiger charge is 2.55. The Labute approximate surface area is 378 Å². The molecule has 12 nitrogen and oxygen atoms in total. The highest BCUT2D eigenvalue weighted by Crippen LogP contribution is 2.43. The molecule has 3 heterocycles. The summed E-state index contributed by atoms with van der Waals surface area (Å²) in [5.41, 5.74) is 4.03. The van der Waals surface area contributed by atoms with Gasteiger partial charge in [0.1, 0.15) is 42.1 Å². The lowest BCUT2D eigenvalue weighted by atomic mass is 9.77. The van der Waals surface area contributed by atoms with Crippen LogP contribution in [0.3, 0.4) is 0 Å². The van der Waals surface area contributed by atoms with Crippen LogP contribution in [-0.4, -0.2) is 70.2 Å². The molecule has 0 unspecified atom stereocenters. The number of hydrogen-bond donors (Lipinski definition) is 2. The van der Waals surface area contributed by atoms with E-state index in [0.29, 0.717) is 10.7 Å². The van der Waals surface area contributed by atoms with Crippen LogP contribution in [0.4, 0.5) is 5.13 Å². The maximum atomic E-state index is 14.4. The molecule has 0 spiro atoms. The van der Waals surface area contributed by atoms with Crippen LogP contribution in [0.5, 0.6) is 0 Å². The van der Waals surface area contributed by atoms with Gasteiger partial charge in [0.05, 0.1) is 0 Å². The molecule has 2 aliphatic rings. The van der Waals surface area contributed by atoms with Crippen LogP contribution in [0.1, 0.15) is 46.5 Å². The molecule has 8 rings (SSSR count). The van der Waals surface area contributed by atoms with Gasteiger partial charge in [0, 0.05) is 22.3 Å². The number of amides is 2. The Kier molecular flexibility index (Phi) is 13.1. The fourth-order valence-corrected chi connectivity index (χ4v) is 9.77. The summed E-state index contributed by atoms with van der Waals surface area (Å²) in [7, 11) is 1.32. The molecule has 2 amide bonds. The topological polar surface area (TPSA) is 149 Å². The lowest BCUT2D eigenvalue weighted by Gasteiger charge is -2.49. The molecule has 0 aliphatic carbocycles. The Morgan fingerprint density at radius 3 is 1.84 bits per heavy atom. The predicted molar refractivity (Wildman–Crippen MR) is 247 cm³/mol. The van der Waals surface area contributed by atoms with E-state index in [1.165, 1.54) is 42.0 Å². The van der Waals surface area contributed by atoms with Crippen LogP contribution < -0.4 is 10.6 Å². The van der Waals surface area contributed by atoms with E-state index in [0.717, 1.165) is 27.8 Å². The first-order chi connectivity index (χ1) is 31.2. The molecule has 14 heteroatoms. The Morgan fingerprint density at radius 2 is 1.34 bits per heavy atom. The van der Waals surface area contributed by atoms with Crippen molar-refractivity contribution >= 4 is 57.7 Å². The summed E-state index contributed by atoms with van der Waals surface area (Å²) in [6.07, 6.45) is -0.815. The molecule has 1 aromatic heterocycles. The molecule has 0 bridgehead atoms. The van der Waals surface area contributed by atoms with Crippen molar-refractivity contribution in [2.45, 2.75) is 30.0 Å². The van der Waals surface area contributed by atoms with Gasteiger partial charge in [-0.05, 0) is 34.7 Å². The van der Waals surface area contributed by atoms with Gasteiger partial charge in [0.15, 0.2) is 16.9 Å². The van der Waals surface area contributed by atoms with Crippen LogP contribution in [0.25, 0.3) is 0 Å². The van der Waals surface area contributed by atoms with Gasteiger partial charge >= 0.3 is 11.9 Å². The second kappa shape index (κ2) is 19.4. The normalized spacial score (nSPS) is 16.0. The molecule has 0 radical (unpaired) electrons. The average molecular weight is 890 g/mol. The number of oxime groups is 1. The Hall–Kier alpha value is -7.29. The zero-order chi connectivity index (χ0) is 44.6. The Balaban J connectivity index is 1.06. The number of hydrogen-bond acceptors (Lipinski definition) is 12. The maximum Gasteiger partial charge on any atom is 0.356 e. The number of aromatic nitrogens is 1. The van der Waals surface area contributed by atoms with Gasteiger partial charge in [-0.15, -0.1) is 23.1 Å². The summed E-state index contributed by atoms with van der Waals surface area (Å²) >= 11 is 2.60. The summed E-state index contributed by atoms with van der Waals surface area (Å²) < 4.78 is 11.7. The molecular weight excluding hydrogens is 847 g/mol. The van der Waals surface area contributed by atoms with Crippen molar-refractivity contribution < 1.29 is 33.5 Å². The van der Waals surface area contributed by atoms with E-state index in [1.54, 1.807) is 5.38 Å². The number of anilines is 1. The molecule has 64 heavy (non-hydrogen) atoms. The van der Waals surface area contributed by atoms with E-state index in [-0.39, 0.29) is 35.0 Å². The van der Waals surface area contributed by atoms with Gasteiger partial charge in [-0.25, -0.2) is 14.6 Å². The third-order valence-electron chi connectivity index (χ3n) is 10.7. The van der Waals surface area contributed by atoms with Crippen molar-refractivity contribution in [3.8, 4) is 0 Å². The third kappa shape index (κ3) is 8.83. The summed E-state index contributed by atoms with van der Waals surface area (Å²) in [6.45, 7) is 4.90. The first-order valence-electron chi connectivity index (χ1n) is 20.3. The minimum atomic E-state index is -1.06. The van der Waals surface area contributed by atoms with Gasteiger partial charge in [0.25, 0.3) is 11.8 Å². The predicted octanol–water partition coefficient (Wildman–Crippen LogP) is 8.00. The number of fused-ring (bicyclic) bond motifs is 1. The number of carbonyl (C=O) groups is 4. The number of ether oxygens (including phenoxy) is 2. The number of nitrogens with zero attached hydrogens (tertiary/aromatic N) is 3. The van der Waals surface area contributed by atoms with Gasteiger partial charge in [0.2, 0.25) is 0 Å². The van der Waals surface area contributed by atoms with Gasteiger partial charge in [-0.2, -0.15) is 0 Å². The molecule has 2 aliphatic heterocycles. The van der Waals surface area contributed by atoms with E-state index in [1.807, 2.05) is 115 Å². The number of esters is 2. The lowest BCUT2D eigenvalue weighted by Crippen LogP contribution is -2.71. The van der Waals surface area contributed by atoms with E-state index in [2.05, 4.69) is 58.8 Å². The van der Waals surface area contributed by atoms with Crippen molar-refractivity contribution in [1.82, 2.24) is 15.2 Å². The SMILES string of the molecule is C=C(C)C(=O)OCC1=C(C(=O)OC(c2ccccc2)c2ccccc2)N2C(=O)[C@@H](NC(=O)/C(=N\OC)c3csc(NC(c4ccccc4)(c4ccccc4)c4ccccc4)n3)[C@H]2SC1. The standard InChI is InChI=1S/C50H43N5O7S2/c1-32(2)47(58)61-29-35-30-63-46-41(45(57)55(46)42(35)48(59)62-43(33-19-9-4-10-20-33)34-21-11-5-12-22-34)52-44(56)40(54-60-3)39-31-64-49(51-39)53-50(36-23-13-6-14-24-36,37-25-15-7-16-26-37)38-27-17-8-18-28-38/h4-28,31,41,43,46H,1,29-30H2,2-3H3,(H,51,53)(H,52,56)/b54-40-/t41-,46-/m1/s1. The van der Waals surface area contributed by atoms with Crippen LogP contribution in [0, 0.1) is 0 Å². The number of thiazole rings is 1. The number of nitrogens with one attached hydrogen (secondary N) is 2. The van der Waals surface area contributed by atoms with Gasteiger partial charge in [-0.1, -0.05) is 163 Å². The molecule has 1 fully saturated rings. The van der Waals surface area contributed by atoms with Gasteiger partial charge in [-0.3, -0.25) is 14.5 Å².